The number of aromatic carboxylic acids is 1. The van der Waals surface area contributed by atoms with Crippen LogP contribution in [0.3, 0.4) is 0 Å². The van der Waals surface area contributed by atoms with Crippen LogP contribution in [0.1, 0.15) is 24.2 Å². The molecule has 5 nitrogen and oxygen atoms in total. The van der Waals surface area contributed by atoms with Crippen LogP contribution in [0, 0.1) is 0 Å². The number of amides is 2. The molecule has 0 fully saturated rings. The second-order valence-electron chi connectivity index (χ2n) is 4.46. The number of nitrogens with one attached hydrogen (secondary N) is 1. The van der Waals surface area contributed by atoms with E-state index in [2.05, 4.69) is 11.9 Å². The highest BCUT2D eigenvalue weighted by Gasteiger charge is 2.17. The molecule has 0 heterocycles. The highest BCUT2D eigenvalue weighted by atomic mass is 35.5. The van der Waals surface area contributed by atoms with E-state index in [0.717, 1.165) is 0 Å². The van der Waals surface area contributed by atoms with Gasteiger partial charge in [0.15, 0.2) is 0 Å². The van der Waals surface area contributed by atoms with Crippen molar-refractivity contribution in [2.24, 2.45) is 0 Å². The van der Waals surface area contributed by atoms with Crippen LogP contribution in [0.25, 0.3) is 0 Å². The van der Waals surface area contributed by atoms with Crippen LogP contribution in [0.4, 0.5) is 10.5 Å². The Morgan fingerprint density at radius 3 is 2.60 bits per heavy atom. The molecule has 2 N–H and O–H groups in total. The fraction of sp³-hybridized carbons (Fsp3) is 0.286. The van der Waals surface area contributed by atoms with Gasteiger partial charge in [-0.3, -0.25) is 0 Å². The van der Waals surface area contributed by atoms with Crippen LogP contribution in [-0.2, 0) is 0 Å². The maximum atomic E-state index is 12.1. The number of benzene rings is 1. The maximum Gasteiger partial charge on any atom is 0.335 e. The van der Waals surface area contributed by atoms with Gasteiger partial charge in [-0.15, -0.1) is 6.58 Å². The molecule has 1 rings (SSSR count). The number of nitrogens with zero attached hydrogens (tertiary/aromatic N) is 1. The Morgan fingerprint density at radius 2 is 2.15 bits per heavy atom. The largest absolute Gasteiger partial charge is 0.478 e. The Hall–Kier alpha value is -2.01. The summed E-state index contributed by atoms with van der Waals surface area (Å²) in [4.78, 5) is 24.5. The van der Waals surface area contributed by atoms with Crippen molar-refractivity contribution in [3.8, 4) is 0 Å². The van der Waals surface area contributed by atoms with Crippen LogP contribution in [0.15, 0.2) is 30.9 Å². The number of rotatable bonds is 5. The van der Waals surface area contributed by atoms with E-state index < -0.39 is 5.97 Å². The van der Waals surface area contributed by atoms with Crippen LogP contribution in [0.5, 0.6) is 0 Å². The zero-order valence-electron chi connectivity index (χ0n) is 11.4. The molecule has 0 bridgehead atoms. The van der Waals surface area contributed by atoms with Crippen molar-refractivity contribution in [2.45, 2.75) is 19.9 Å². The molecule has 1 aromatic rings. The van der Waals surface area contributed by atoms with Crippen molar-refractivity contribution >= 4 is 29.3 Å². The second-order valence-corrected chi connectivity index (χ2v) is 4.87. The van der Waals surface area contributed by atoms with Crippen molar-refractivity contribution in [1.29, 1.82) is 0 Å². The fourth-order valence-electron chi connectivity index (χ4n) is 1.60. The Balaban J connectivity index is 2.89. The summed E-state index contributed by atoms with van der Waals surface area (Å²) in [6, 6.07) is 3.84. The summed E-state index contributed by atoms with van der Waals surface area (Å²) < 4.78 is 0. The first-order valence-corrected chi connectivity index (χ1v) is 6.46. The Labute approximate surface area is 122 Å². The van der Waals surface area contributed by atoms with Gasteiger partial charge in [0.2, 0.25) is 0 Å². The Bertz CT molecular complexity index is 529. The monoisotopic (exact) mass is 296 g/mol. The molecule has 6 heteroatoms. The average Bonchev–Trinajstić information content (AvgIpc) is 2.37. The third kappa shape index (κ3) is 3.99. The van der Waals surface area contributed by atoms with E-state index in [1.165, 1.54) is 18.2 Å². The van der Waals surface area contributed by atoms with Crippen molar-refractivity contribution in [3.63, 3.8) is 0 Å². The lowest BCUT2D eigenvalue weighted by Gasteiger charge is -2.25. The quantitative estimate of drug-likeness (QED) is 0.817. The van der Waals surface area contributed by atoms with E-state index in [4.69, 9.17) is 16.7 Å². The molecular formula is C14H17ClN2O3. The minimum absolute atomic E-state index is 0.00469. The van der Waals surface area contributed by atoms with Gasteiger partial charge in [-0.2, -0.15) is 0 Å². The summed E-state index contributed by atoms with van der Waals surface area (Å²) in [5.41, 5.74) is 0.441. The Morgan fingerprint density at radius 1 is 1.50 bits per heavy atom. The molecule has 108 valence electrons. The molecule has 0 aliphatic heterocycles. The van der Waals surface area contributed by atoms with Gasteiger partial charge in [-0.25, -0.2) is 9.59 Å². The van der Waals surface area contributed by atoms with Gasteiger partial charge in [0.05, 0.1) is 16.3 Å². The predicted molar refractivity (Wildman–Crippen MR) is 79.5 cm³/mol. The molecule has 0 aromatic heterocycles. The van der Waals surface area contributed by atoms with Gasteiger partial charge in [0.1, 0.15) is 0 Å². The molecule has 0 aliphatic carbocycles. The highest BCUT2D eigenvalue weighted by molar-refractivity contribution is 6.34. The number of carboxylic acids is 1. The first kappa shape index (κ1) is 16.0. The lowest BCUT2D eigenvalue weighted by molar-refractivity contribution is 0.0697. The molecule has 2 amide bonds. The molecule has 20 heavy (non-hydrogen) atoms. The summed E-state index contributed by atoms with van der Waals surface area (Å²) in [5.74, 6) is -1.07. The molecule has 0 atom stereocenters. The zero-order valence-corrected chi connectivity index (χ0v) is 12.1. The molecule has 0 radical (unpaired) electrons. The third-order valence-corrected chi connectivity index (χ3v) is 2.98. The van der Waals surface area contributed by atoms with Crippen LogP contribution < -0.4 is 5.32 Å². The van der Waals surface area contributed by atoms with Gasteiger partial charge in [-0.1, -0.05) is 17.7 Å². The number of hydrogen-bond acceptors (Lipinski definition) is 2. The predicted octanol–water partition coefficient (Wildman–Crippen LogP) is 3.47. The van der Waals surface area contributed by atoms with E-state index in [0.29, 0.717) is 12.2 Å². The average molecular weight is 297 g/mol. The number of carboxylic acid groups (broad SMARTS) is 1. The van der Waals surface area contributed by atoms with Crippen LogP contribution >= 0.6 is 11.6 Å². The zero-order chi connectivity index (χ0) is 15.3. The van der Waals surface area contributed by atoms with E-state index in [1.807, 2.05) is 13.8 Å². The van der Waals surface area contributed by atoms with Crippen molar-refractivity contribution < 1.29 is 14.7 Å². The molecule has 0 saturated heterocycles. The Kier molecular flexibility index (Phi) is 5.58. The fourth-order valence-corrected chi connectivity index (χ4v) is 1.83. The number of urea groups is 1. The first-order valence-electron chi connectivity index (χ1n) is 6.08. The summed E-state index contributed by atoms with van der Waals surface area (Å²) >= 11 is 5.96. The van der Waals surface area contributed by atoms with E-state index in [-0.39, 0.29) is 22.7 Å². The molecule has 0 saturated carbocycles. The summed E-state index contributed by atoms with van der Waals surface area (Å²) in [6.45, 7) is 7.79. The molecule has 0 unspecified atom stereocenters. The maximum absolute atomic E-state index is 12.1. The van der Waals surface area contributed by atoms with Gasteiger partial charge in [0.25, 0.3) is 0 Å². The molecular weight excluding hydrogens is 280 g/mol. The smallest absolute Gasteiger partial charge is 0.335 e. The lowest BCUT2D eigenvalue weighted by atomic mass is 10.2. The van der Waals surface area contributed by atoms with Crippen LogP contribution in [0.2, 0.25) is 5.02 Å². The minimum Gasteiger partial charge on any atom is -0.478 e. The van der Waals surface area contributed by atoms with Crippen molar-refractivity contribution in [2.75, 3.05) is 11.9 Å². The number of hydrogen-bond donors (Lipinski definition) is 2. The standard InChI is InChI=1S/C14H17ClN2O3/c1-4-7-17(9(2)3)14(20)16-12-6-5-10(13(18)19)8-11(12)15/h4-6,8-9H,1,7H2,2-3H3,(H,16,20)(H,18,19). The number of halogens is 1. The summed E-state index contributed by atoms with van der Waals surface area (Å²) in [7, 11) is 0. The number of anilines is 1. The summed E-state index contributed by atoms with van der Waals surface area (Å²) in [6.07, 6.45) is 1.63. The third-order valence-electron chi connectivity index (χ3n) is 2.67. The SMILES string of the molecule is C=CCN(C(=O)Nc1ccc(C(=O)O)cc1Cl)C(C)C. The van der Waals surface area contributed by atoms with Gasteiger partial charge >= 0.3 is 12.0 Å². The molecule has 0 aliphatic rings. The number of carbonyl (C=O) groups is 2. The molecule has 0 spiro atoms. The van der Waals surface area contributed by atoms with E-state index in [1.54, 1.807) is 11.0 Å². The number of carbonyl (C=O) groups excluding carboxylic acids is 1. The second kappa shape index (κ2) is 6.96. The van der Waals surface area contributed by atoms with Gasteiger partial charge < -0.3 is 15.3 Å². The van der Waals surface area contributed by atoms with Crippen molar-refractivity contribution in [1.82, 2.24) is 4.90 Å². The van der Waals surface area contributed by atoms with Gasteiger partial charge in [-0.05, 0) is 32.0 Å². The minimum atomic E-state index is -1.07. The normalized spacial score (nSPS) is 10.2. The highest BCUT2D eigenvalue weighted by Crippen LogP contribution is 2.23. The lowest BCUT2D eigenvalue weighted by Crippen LogP contribution is -2.40. The van der Waals surface area contributed by atoms with Crippen LogP contribution in [-0.4, -0.2) is 34.6 Å². The van der Waals surface area contributed by atoms with E-state index in [9.17, 15) is 9.59 Å². The molecule has 1 aromatic carbocycles. The van der Waals surface area contributed by atoms with E-state index >= 15 is 0 Å². The first-order chi connectivity index (χ1) is 9.36. The van der Waals surface area contributed by atoms with Crippen molar-refractivity contribution in [3.05, 3.63) is 41.4 Å². The van der Waals surface area contributed by atoms with Gasteiger partial charge in [0, 0.05) is 12.6 Å². The summed E-state index contributed by atoms with van der Waals surface area (Å²) in [5, 5.41) is 11.7. The topological polar surface area (TPSA) is 69.6 Å².